The molecule has 0 aliphatic carbocycles. The van der Waals surface area contributed by atoms with Gasteiger partial charge in [-0.1, -0.05) is 11.6 Å². The van der Waals surface area contributed by atoms with Crippen molar-refractivity contribution in [3.8, 4) is 5.75 Å². The molecule has 1 unspecified atom stereocenters. The molecule has 0 saturated carbocycles. The smallest absolute Gasteiger partial charge is 0.291 e. The van der Waals surface area contributed by atoms with Crippen LogP contribution in [0.1, 0.15) is 25.5 Å². The minimum absolute atomic E-state index is 0.209. The number of nitrogens with zero attached hydrogens (tertiary/aromatic N) is 2. The van der Waals surface area contributed by atoms with Gasteiger partial charge in [0.2, 0.25) is 0 Å². The van der Waals surface area contributed by atoms with Crippen LogP contribution >= 0.6 is 11.6 Å². The minimum Gasteiger partial charge on any atom is -0.505 e. The third kappa shape index (κ3) is 1.98. The first-order chi connectivity index (χ1) is 7.20. The fourth-order valence-corrected chi connectivity index (χ4v) is 1.69. The van der Waals surface area contributed by atoms with Gasteiger partial charge < -0.3 is 9.84 Å². The molecule has 15 heavy (non-hydrogen) atoms. The van der Waals surface area contributed by atoms with E-state index >= 15 is 0 Å². The topological polar surface area (TPSA) is 64.3 Å². The zero-order chi connectivity index (χ0) is 10.8. The summed E-state index contributed by atoms with van der Waals surface area (Å²) >= 11 is 5.62. The molecule has 1 aromatic heterocycles. The van der Waals surface area contributed by atoms with E-state index in [0.29, 0.717) is 6.61 Å². The monoisotopic (exact) mass is 230 g/mol. The van der Waals surface area contributed by atoms with Gasteiger partial charge in [-0.2, -0.15) is 9.78 Å². The van der Waals surface area contributed by atoms with E-state index in [2.05, 4.69) is 5.10 Å². The minimum atomic E-state index is -0.511. The highest BCUT2D eigenvalue weighted by atomic mass is 35.5. The van der Waals surface area contributed by atoms with Crippen LogP contribution < -0.4 is 5.56 Å². The molecule has 0 bridgehead atoms. The Morgan fingerprint density at radius 3 is 3.07 bits per heavy atom. The number of aromatic nitrogens is 2. The quantitative estimate of drug-likeness (QED) is 0.790. The average molecular weight is 231 g/mol. The lowest BCUT2D eigenvalue weighted by molar-refractivity contribution is -0.0425. The lowest BCUT2D eigenvalue weighted by Gasteiger charge is -2.23. The molecular formula is C9H11ClN2O3. The summed E-state index contributed by atoms with van der Waals surface area (Å²) in [6, 6.07) is 0. The highest BCUT2D eigenvalue weighted by Gasteiger charge is 2.19. The van der Waals surface area contributed by atoms with E-state index in [1.54, 1.807) is 0 Å². The highest BCUT2D eigenvalue weighted by Crippen LogP contribution is 2.22. The van der Waals surface area contributed by atoms with Gasteiger partial charge in [-0.15, -0.1) is 0 Å². The molecule has 82 valence electrons. The zero-order valence-electron chi connectivity index (χ0n) is 8.02. The maximum atomic E-state index is 11.6. The van der Waals surface area contributed by atoms with Crippen LogP contribution in [0.25, 0.3) is 0 Å². The van der Waals surface area contributed by atoms with Gasteiger partial charge in [0.25, 0.3) is 5.56 Å². The Hall–Kier alpha value is -1.07. The Bertz CT molecular complexity index is 412. The van der Waals surface area contributed by atoms with Gasteiger partial charge in [0.05, 0.1) is 6.20 Å². The van der Waals surface area contributed by atoms with Crippen molar-refractivity contribution in [1.29, 1.82) is 0 Å². The number of ether oxygens (including phenoxy) is 1. The summed E-state index contributed by atoms with van der Waals surface area (Å²) in [5.74, 6) is -0.297. The molecule has 1 fully saturated rings. The molecule has 5 nitrogen and oxygen atoms in total. The van der Waals surface area contributed by atoms with E-state index in [1.807, 2.05) is 0 Å². The molecule has 1 aromatic rings. The summed E-state index contributed by atoms with van der Waals surface area (Å²) in [4.78, 5) is 11.6. The second-order valence-corrected chi connectivity index (χ2v) is 3.79. The molecule has 1 N–H and O–H groups in total. The summed E-state index contributed by atoms with van der Waals surface area (Å²) < 4.78 is 6.58. The molecular weight excluding hydrogens is 220 g/mol. The largest absolute Gasteiger partial charge is 0.505 e. The summed E-state index contributed by atoms with van der Waals surface area (Å²) in [7, 11) is 0. The van der Waals surface area contributed by atoms with Crippen LogP contribution in [0.2, 0.25) is 5.02 Å². The summed E-state index contributed by atoms with van der Waals surface area (Å²) in [6.45, 7) is 0.622. The number of halogens is 1. The van der Waals surface area contributed by atoms with Gasteiger partial charge in [-0.25, -0.2) is 0 Å². The van der Waals surface area contributed by atoms with Crippen LogP contribution in [-0.4, -0.2) is 21.5 Å². The highest BCUT2D eigenvalue weighted by molar-refractivity contribution is 6.31. The maximum Gasteiger partial charge on any atom is 0.291 e. The second-order valence-electron chi connectivity index (χ2n) is 3.41. The van der Waals surface area contributed by atoms with Gasteiger partial charge in [-0.05, 0) is 19.3 Å². The number of hydrogen-bond acceptors (Lipinski definition) is 4. The summed E-state index contributed by atoms with van der Waals surface area (Å²) in [5.41, 5.74) is -0.511. The van der Waals surface area contributed by atoms with Crippen molar-refractivity contribution in [2.75, 3.05) is 6.61 Å². The van der Waals surface area contributed by atoms with Crippen molar-refractivity contribution >= 4 is 11.6 Å². The zero-order valence-corrected chi connectivity index (χ0v) is 8.78. The van der Waals surface area contributed by atoms with Crippen molar-refractivity contribution in [2.24, 2.45) is 0 Å². The second kappa shape index (κ2) is 4.20. The molecule has 2 heterocycles. The van der Waals surface area contributed by atoms with Crippen LogP contribution in [0.4, 0.5) is 0 Å². The molecule has 0 aromatic carbocycles. The molecule has 0 radical (unpaired) electrons. The Morgan fingerprint density at radius 1 is 1.60 bits per heavy atom. The molecule has 1 aliphatic rings. The van der Waals surface area contributed by atoms with Crippen molar-refractivity contribution in [2.45, 2.75) is 25.5 Å². The molecule has 2 rings (SSSR count). The van der Waals surface area contributed by atoms with E-state index in [4.69, 9.17) is 16.3 Å². The number of rotatable bonds is 1. The van der Waals surface area contributed by atoms with Crippen LogP contribution in [0, 0.1) is 0 Å². The van der Waals surface area contributed by atoms with E-state index in [9.17, 15) is 9.90 Å². The summed E-state index contributed by atoms with van der Waals surface area (Å²) in [5, 5.41) is 12.8. The van der Waals surface area contributed by atoms with E-state index in [0.717, 1.165) is 25.5 Å². The van der Waals surface area contributed by atoms with E-state index in [1.165, 1.54) is 4.68 Å². The first kappa shape index (κ1) is 10.4. The fraction of sp³-hybridized carbons (Fsp3) is 0.556. The SMILES string of the molecule is O=c1c(Cl)c(O)cnn1C1CCCCO1. The van der Waals surface area contributed by atoms with Crippen molar-refractivity contribution < 1.29 is 9.84 Å². The lowest BCUT2D eigenvalue weighted by atomic mass is 10.2. The Labute approximate surface area is 91.2 Å². The Morgan fingerprint density at radius 2 is 2.40 bits per heavy atom. The number of aromatic hydroxyl groups is 1. The molecule has 6 heteroatoms. The van der Waals surface area contributed by atoms with Gasteiger partial charge in [0, 0.05) is 6.61 Å². The first-order valence-electron chi connectivity index (χ1n) is 4.78. The first-order valence-corrected chi connectivity index (χ1v) is 5.16. The van der Waals surface area contributed by atoms with Crippen LogP contribution in [-0.2, 0) is 4.74 Å². The van der Waals surface area contributed by atoms with Gasteiger partial charge in [-0.3, -0.25) is 4.79 Å². The maximum absolute atomic E-state index is 11.6. The Balaban J connectivity index is 2.35. The summed E-state index contributed by atoms with van der Waals surface area (Å²) in [6.07, 6.45) is 3.54. The van der Waals surface area contributed by atoms with Gasteiger partial charge >= 0.3 is 0 Å². The third-order valence-corrected chi connectivity index (χ3v) is 2.71. The third-order valence-electron chi connectivity index (χ3n) is 2.35. The molecule has 0 spiro atoms. The van der Waals surface area contributed by atoms with Crippen LogP contribution in [0.3, 0.4) is 0 Å². The predicted molar refractivity (Wildman–Crippen MR) is 54.0 cm³/mol. The molecule has 1 saturated heterocycles. The van der Waals surface area contributed by atoms with E-state index in [-0.39, 0.29) is 17.0 Å². The lowest BCUT2D eigenvalue weighted by Crippen LogP contribution is -2.30. The average Bonchev–Trinajstić information content (AvgIpc) is 2.27. The predicted octanol–water partition coefficient (Wildman–Crippen LogP) is 1.30. The fourth-order valence-electron chi connectivity index (χ4n) is 1.56. The van der Waals surface area contributed by atoms with Crippen molar-refractivity contribution in [3.05, 3.63) is 21.6 Å². The molecule has 1 atom stereocenters. The van der Waals surface area contributed by atoms with Crippen LogP contribution in [0.5, 0.6) is 5.75 Å². The molecule has 0 amide bonds. The Kier molecular flexibility index (Phi) is 2.93. The molecule has 1 aliphatic heterocycles. The van der Waals surface area contributed by atoms with Gasteiger partial charge in [0.1, 0.15) is 0 Å². The van der Waals surface area contributed by atoms with Gasteiger partial charge in [0.15, 0.2) is 17.0 Å². The van der Waals surface area contributed by atoms with Crippen LogP contribution in [0.15, 0.2) is 11.0 Å². The normalized spacial score (nSPS) is 21.5. The van der Waals surface area contributed by atoms with Crippen molar-refractivity contribution in [3.63, 3.8) is 0 Å². The van der Waals surface area contributed by atoms with E-state index < -0.39 is 5.56 Å². The van der Waals surface area contributed by atoms with Crippen molar-refractivity contribution in [1.82, 2.24) is 9.78 Å². The number of hydrogen-bond donors (Lipinski definition) is 1. The standard InChI is InChI=1S/C9H11ClN2O3/c10-8-6(13)5-11-12(9(8)14)7-3-1-2-4-15-7/h5,7,13H,1-4H2.